The Labute approximate surface area is 166 Å². The number of carbonyl (C=O) groups excluding carboxylic acids is 1. The second-order valence-corrected chi connectivity index (χ2v) is 8.34. The molecule has 1 aliphatic rings. The van der Waals surface area contributed by atoms with Gasteiger partial charge in [-0.3, -0.25) is 9.32 Å². The number of aliphatic hydroxyl groups is 2. The van der Waals surface area contributed by atoms with Gasteiger partial charge in [-0.05, 0) is 18.1 Å². The molecule has 1 fully saturated rings. The lowest BCUT2D eigenvalue weighted by Crippen LogP contribution is -2.44. The van der Waals surface area contributed by atoms with Crippen LogP contribution < -0.4 is 9.61 Å². The summed E-state index contributed by atoms with van der Waals surface area (Å²) in [6, 6.07) is 6.33. The van der Waals surface area contributed by atoms with Crippen LogP contribution in [0, 0.1) is 5.92 Å². The third-order valence-electron chi connectivity index (χ3n) is 4.16. The summed E-state index contributed by atoms with van der Waals surface area (Å²) in [6.07, 6.45) is -6.53. The Morgan fingerprint density at radius 2 is 1.97 bits per heavy atom. The average molecular weight is 439 g/mol. The van der Waals surface area contributed by atoms with Crippen LogP contribution >= 0.6 is 7.75 Å². The van der Waals surface area contributed by atoms with E-state index in [0.717, 1.165) is 7.11 Å². The van der Waals surface area contributed by atoms with Crippen molar-refractivity contribution in [2.45, 2.75) is 44.3 Å². The SMILES string of the molecule is COC(=O)[C@@H](NP(=O)(Oc1ccccc1)O[C@H]1O[C@H](CO)[C@@H](O)C1(F)F)C(C)C. The van der Waals surface area contributed by atoms with E-state index in [1.165, 1.54) is 12.1 Å². The second kappa shape index (κ2) is 9.46. The zero-order valence-electron chi connectivity index (χ0n) is 16.0. The van der Waals surface area contributed by atoms with E-state index in [2.05, 4.69) is 9.82 Å². The molecule has 0 bridgehead atoms. The van der Waals surface area contributed by atoms with Gasteiger partial charge in [0.1, 0.15) is 17.9 Å². The molecule has 1 heterocycles. The summed E-state index contributed by atoms with van der Waals surface area (Å²) in [5.41, 5.74) is 0. The topological polar surface area (TPSA) is 124 Å². The van der Waals surface area contributed by atoms with E-state index in [1.807, 2.05) is 0 Å². The molecule has 0 spiro atoms. The van der Waals surface area contributed by atoms with Gasteiger partial charge in [-0.1, -0.05) is 32.0 Å². The van der Waals surface area contributed by atoms with Crippen molar-refractivity contribution in [2.24, 2.45) is 5.92 Å². The molecule has 3 N–H and O–H groups in total. The summed E-state index contributed by atoms with van der Waals surface area (Å²) in [4.78, 5) is 12.0. The van der Waals surface area contributed by atoms with E-state index in [1.54, 1.807) is 32.0 Å². The first-order chi connectivity index (χ1) is 13.5. The van der Waals surface area contributed by atoms with Crippen LogP contribution in [-0.4, -0.2) is 60.4 Å². The maximum Gasteiger partial charge on any atom is 0.462 e. The third kappa shape index (κ3) is 5.50. The van der Waals surface area contributed by atoms with Crippen LogP contribution in [0.4, 0.5) is 8.78 Å². The largest absolute Gasteiger partial charge is 0.468 e. The average Bonchev–Trinajstić information content (AvgIpc) is 2.89. The summed E-state index contributed by atoms with van der Waals surface area (Å²) in [5, 5.41) is 21.0. The highest BCUT2D eigenvalue weighted by Gasteiger charge is 2.61. The molecule has 1 unspecified atom stereocenters. The van der Waals surface area contributed by atoms with Crippen LogP contribution in [-0.2, 0) is 23.4 Å². The van der Waals surface area contributed by atoms with Gasteiger partial charge in [0.15, 0.2) is 6.10 Å². The summed E-state index contributed by atoms with van der Waals surface area (Å²) < 4.78 is 61.7. The number of aliphatic hydroxyl groups excluding tert-OH is 2. The molecule has 1 aromatic rings. The van der Waals surface area contributed by atoms with E-state index >= 15 is 0 Å². The number of halogens is 2. The molecule has 5 atom stereocenters. The highest BCUT2D eigenvalue weighted by Crippen LogP contribution is 2.51. The first kappa shape index (κ1) is 23.7. The van der Waals surface area contributed by atoms with Gasteiger partial charge < -0.3 is 24.2 Å². The van der Waals surface area contributed by atoms with Gasteiger partial charge in [0.05, 0.1) is 13.7 Å². The van der Waals surface area contributed by atoms with Crippen molar-refractivity contribution in [1.29, 1.82) is 0 Å². The minimum atomic E-state index is -4.66. The molecule has 164 valence electrons. The standard InChI is InChI=1S/C17H24F2NO8P/c1-10(2)13(15(23)25-3)20-29(24,27-11-7-5-4-6-8-11)28-16-17(18,19)14(22)12(9-21)26-16/h4-8,10,12-14,16,21-22H,9H2,1-3H3,(H,20,24)/t12-,13+,14-,16-,29?/m1/s1. The normalized spacial score (nSPS) is 26.7. The van der Waals surface area contributed by atoms with Gasteiger partial charge in [0.25, 0.3) is 0 Å². The van der Waals surface area contributed by atoms with Crippen LogP contribution in [0.2, 0.25) is 0 Å². The summed E-state index contributed by atoms with van der Waals surface area (Å²) in [7, 11) is -3.55. The number of alkyl halides is 2. The molecule has 9 nitrogen and oxygen atoms in total. The van der Waals surface area contributed by atoms with Crippen molar-refractivity contribution in [1.82, 2.24) is 5.09 Å². The molecule has 0 amide bonds. The number of hydrogen-bond donors (Lipinski definition) is 3. The Bertz CT molecular complexity index is 735. The molecule has 12 heteroatoms. The molecule has 1 saturated heterocycles. The van der Waals surface area contributed by atoms with Crippen LogP contribution in [0.15, 0.2) is 30.3 Å². The molecule has 29 heavy (non-hydrogen) atoms. The maximum atomic E-state index is 14.3. The van der Waals surface area contributed by atoms with Crippen LogP contribution in [0.3, 0.4) is 0 Å². The first-order valence-electron chi connectivity index (χ1n) is 8.75. The fraction of sp³-hybridized carbons (Fsp3) is 0.588. The van der Waals surface area contributed by atoms with E-state index in [9.17, 15) is 23.2 Å². The van der Waals surface area contributed by atoms with Gasteiger partial charge in [-0.2, -0.15) is 13.9 Å². The van der Waals surface area contributed by atoms with Gasteiger partial charge in [0, 0.05) is 0 Å². The fourth-order valence-corrected chi connectivity index (χ4v) is 4.29. The predicted molar refractivity (Wildman–Crippen MR) is 96.2 cm³/mol. The molecule has 0 aromatic heterocycles. The number of hydrogen-bond acceptors (Lipinski definition) is 8. The zero-order chi connectivity index (χ0) is 21.8. The van der Waals surface area contributed by atoms with Crippen molar-refractivity contribution >= 4 is 13.7 Å². The molecule has 1 aliphatic heterocycles. The quantitative estimate of drug-likeness (QED) is 0.390. The van der Waals surface area contributed by atoms with Crippen molar-refractivity contribution in [3.8, 4) is 5.75 Å². The number of benzene rings is 1. The van der Waals surface area contributed by atoms with Crippen LogP contribution in [0.25, 0.3) is 0 Å². The van der Waals surface area contributed by atoms with Crippen molar-refractivity contribution in [2.75, 3.05) is 13.7 Å². The smallest absolute Gasteiger partial charge is 0.462 e. The second-order valence-electron chi connectivity index (χ2n) is 6.69. The Morgan fingerprint density at radius 1 is 1.34 bits per heavy atom. The van der Waals surface area contributed by atoms with Crippen LogP contribution in [0.5, 0.6) is 5.75 Å². The summed E-state index contributed by atoms with van der Waals surface area (Å²) >= 11 is 0. The van der Waals surface area contributed by atoms with E-state index < -0.39 is 56.7 Å². The summed E-state index contributed by atoms with van der Waals surface area (Å²) in [6.45, 7) is 2.30. The minimum absolute atomic E-state index is 0.0104. The Balaban J connectivity index is 2.34. The number of rotatable bonds is 9. The third-order valence-corrected chi connectivity index (χ3v) is 5.68. The highest BCUT2D eigenvalue weighted by atomic mass is 31.2. The van der Waals surface area contributed by atoms with Gasteiger partial charge >= 0.3 is 19.6 Å². The van der Waals surface area contributed by atoms with Crippen molar-refractivity contribution in [3.05, 3.63) is 30.3 Å². The lowest BCUT2D eigenvalue weighted by Gasteiger charge is -2.29. The molecule has 0 radical (unpaired) electrons. The zero-order valence-corrected chi connectivity index (χ0v) is 16.9. The minimum Gasteiger partial charge on any atom is -0.468 e. The van der Waals surface area contributed by atoms with E-state index in [-0.39, 0.29) is 5.75 Å². The monoisotopic (exact) mass is 439 g/mol. The Hall–Kier alpha value is -1.62. The lowest BCUT2D eigenvalue weighted by molar-refractivity contribution is -0.188. The number of nitrogens with one attached hydrogen (secondary N) is 1. The van der Waals surface area contributed by atoms with E-state index in [0.29, 0.717) is 0 Å². The lowest BCUT2D eigenvalue weighted by atomic mass is 10.1. The van der Waals surface area contributed by atoms with Crippen molar-refractivity contribution < 1.29 is 46.9 Å². The van der Waals surface area contributed by atoms with Crippen molar-refractivity contribution in [3.63, 3.8) is 0 Å². The molecular weight excluding hydrogens is 415 g/mol. The molecular formula is C17H24F2NO8P. The molecule has 0 aliphatic carbocycles. The number of methoxy groups -OCH3 is 1. The highest BCUT2D eigenvalue weighted by molar-refractivity contribution is 7.52. The molecule has 2 rings (SSSR count). The Kier molecular flexibility index (Phi) is 7.72. The molecule has 0 saturated carbocycles. The number of ether oxygens (including phenoxy) is 2. The van der Waals surface area contributed by atoms with Gasteiger partial charge in [-0.25, -0.2) is 4.57 Å². The number of esters is 1. The maximum absolute atomic E-state index is 14.3. The summed E-state index contributed by atoms with van der Waals surface area (Å²) in [5.74, 6) is -5.27. The van der Waals surface area contributed by atoms with Crippen LogP contribution in [0.1, 0.15) is 13.8 Å². The fourth-order valence-electron chi connectivity index (χ4n) is 2.54. The molecule has 1 aromatic carbocycles. The van der Waals surface area contributed by atoms with E-state index in [4.69, 9.17) is 18.9 Å². The van der Waals surface area contributed by atoms with Gasteiger partial charge in [0.2, 0.25) is 6.29 Å². The number of carbonyl (C=O) groups is 1. The first-order valence-corrected chi connectivity index (χ1v) is 10.3. The predicted octanol–water partition coefficient (Wildman–Crippen LogP) is 1.69. The number of para-hydroxylation sites is 1. The Morgan fingerprint density at radius 3 is 2.45 bits per heavy atom. The van der Waals surface area contributed by atoms with Gasteiger partial charge in [-0.15, -0.1) is 0 Å².